The molecule has 0 aliphatic carbocycles. The monoisotopic (exact) mass is 224 g/mol. The molecule has 1 N–H and O–H groups in total. The first kappa shape index (κ1) is 12.4. The van der Waals surface area contributed by atoms with E-state index in [9.17, 15) is 0 Å². The van der Waals surface area contributed by atoms with Gasteiger partial charge < -0.3 is 10.2 Å². The van der Waals surface area contributed by atoms with E-state index in [2.05, 4.69) is 17.1 Å². The van der Waals surface area contributed by atoms with Crippen molar-refractivity contribution in [1.29, 1.82) is 0 Å². The zero-order valence-corrected chi connectivity index (χ0v) is 10.9. The third-order valence-electron chi connectivity index (χ3n) is 4.18. The van der Waals surface area contributed by atoms with Crippen LogP contribution in [0.2, 0.25) is 0 Å². The molecule has 2 unspecified atom stereocenters. The van der Waals surface area contributed by atoms with Crippen LogP contribution in [-0.4, -0.2) is 37.1 Å². The Morgan fingerprint density at radius 3 is 2.88 bits per heavy atom. The van der Waals surface area contributed by atoms with E-state index in [-0.39, 0.29) is 0 Å². The molecule has 16 heavy (non-hydrogen) atoms. The first-order chi connectivity index (χ1) is 7.84. The van der Waals surface area contributed by atoms with Gasteiger partial charge in [0.05, 0.1) is 0 Å². The Morgan fingerprint density at radius 2 is 2.12 bits per heavy atom. The first-order valence-corrected chi connectivity index (χ1v) is 7.30. The molecule has 2 fully saturated rings. The largest absolute Gasteiger partial charge is 0.314 e. The van der Waals surface area contributed by atoms with Crippen molar-refractivity contribution in [2.45, 2.75) is 57.9 Å². The van der Waals surface area contributed by atoms with Gasteiger partial charge in [-0.3, -0.25) is 0 Å². The zero-order chi connectivity index (χ0) is 11.2. The Hall–Kier alpha value is -0.0800. The van der Waals surface area contributed by atoms with Crippen molar-refractivity contribution < 1.29 is 0 Å². The highest BCUT2D eigenvalue weighted by Crippen LogP contribution is 2.17. The molecule has 0 aromatic rings. The van der Waals surface area contributed by atoms with Crippen LogP contribution in [0.1, 0.15) is 51.9 Å². The Balaban J connectivity index is 1.56. The number of nitrogens with one attached hydrogen (secondary N) is 1. The summed E-state index contributed by atoms with van der Waals surface area (Å²) in [5.41, 5.74) is 0. The van der Waals surface area contributed by atoms with E-state index in [0.29, 0.717) is 0 Å². The van der Waals surface area contributed by atoms with Gasteiger partial charge in [-0.2, -0.15) is 0 Å². The van der Waals surface area contributed by atoms with Gasteiger partial charge in [-0.05, 0) is 64.1 Å². The van der Waals surface area contributed by atoms with Crippen LogP contribution in [0.5, 0.6) is 0 Å². The summed E-state index contributed by atoms with van der Waals surface area (Å²) in [6.45, 7) is 7.68. The summed E-state index contributed by atoms with van der Waals surface area (Å²) in [7, 11) is 0. The smallest absolute Gasteiger partial charge is 0.00675 e. The lowest BCUT2D eigenvalue weighted by Crippen LogP contribution is -2.37. The number of piperidine rings is 2. The molecule has 2 saturated heterocycles. The Morgan fingerprint density at radius 1 is 1.19 bits per heavy atom. The van der Waals surface area contributed by atoms with Gasteiger partial charge in [0.1, 0.15) is 0 Å². The fraction of sp³-hybridized carbons (Fsp3) is 1.00. The first-order valence-electron chi connectivity index (χ1n) is 7.30. The van der Waals surface area contributed by atoms with E-state index in [1.54, 1.807) is 0 Å². The minimum Gasteiger partial charge on any atom is -0.314 e. The summed E-state index contributed by atoms with van der Waals surface area (Å²) < 4.78 is 0. The van der Waals surface area contributed by atoms with E-state index in [0.717, 1.165) is 12.0 Å². The summed E-state index contributed by atoms with van der Waals surface area (Å²) in [6.07, 6.45) is 9.90. The maximum Gasteiger partial charge on any atom is 0.00675 e. The van der Waals surface area contributed by atoms with E-state index < -0.39 is 0 Å². The van der Waals surface area contributed by atoms with E-state index in [4.69, 9.17) is 0 Å². The molecule has 2 aliphatic rings. The molecule has 0 aromatic heterocycles. The van der Waals surface area contributed by atoms with Crippen LogP contribution >= 0.6 is 0 Å². The van der Waals surface area contributed by atoms with Gasteiger partial charge in [0.25, 0.3) is 0 Å². The summed E-state index contributed by atoms with van der Waals surface area (Å²) in [6, 6.07) is 0.830. The summed E-state index contributed by atoms with van der Waals surface area (Å²) in [5.74, 6) is 0.932. The molecule has 0 radical (unpaired) electrons. The quantitative estimate of drug-likeness (QED) is 0.790. The van der Waals surface area contributed by atoms with Crippen LogP contribution in [0.15, 0.2) is 0 Å². The molecule has 0 spiro atoms. The summed E-state index contributed by atoms with van der Waals surface area (Å²) in [5, 5.41) is 3.65. The molecule has 2 nitrogen and oxygen atoms in total. The molecule has 0 saturated carbocycles. The van der Waals surface area contributed by atoms with Crippen LogP contribution in [0, 0.1) is 5.92 Å². The molecule has 0 amide bonds. The maximum atomic E-state index is 3.65. The molecule has 2 rings (SSSR count). The molecule has 94 valence electrons. The van der Waals surface area contributed by atoms with Gasteiger partial charge in [-0.15, -0.1) is 0 Å². The number of hydrogen-bond donors (Lipinski definition) is 1. The van der Waals surface area contributed by atoms with Gasteiger partial charge in [0, 0.05) is 12.6 Å². The van der Waals surface area contributed by atoms with Gasteiger partial charge in [-0.25, -0.2) is 0 Å². The van der Waals surface area contributed by atoms with Crippen molar-refractivity contribution in [3.05, 3.63) is 0 Å². The minimum absolute atomic E-state index is 0.830. The van der Waals surface area contributed by atoms with Crippen LogP contribution < -0.4 is 5.32 Å². The Bertz CT molecular complexity index is 187. The van der Waals surface area contributed by atoms with Crippen LogP contribution in [0.3, 0.4) is 0 Å². The molecule has 2 aliphatic heterocycles. The second-order valence-electron chi connectivity index (χ2n) is 5.84. The average molecular weight is 224 g/mol. The summed E-state index contributed by atoms with van der Waals surface area (Å²) >= 11 is 0. The number of hydrogen-bond acceptors (Lipinski definition) is 2. The highest BCUT2D eigenvalue weighted by atomic mass is 15.1. The van der Waals surface area contributed by atoms with E-state index in [1.807, 2.05) is 0 Å². The predicted octanol–water partition coefficient (Wildman–Crippen LogP) is 2.64. The van der Waals surface area contributed by atoms with Crippen molar-refractivity contribution in [3.8, 4) is 0 Å². The second kappa shape index (κ2) is 6.61. The molecular weight excluding hydrogens is 196 g/mol. The predicted molar refractivity (Wildman–Crippen MR) is 69.7 cm³/mol. The van der Waals surface area contributed by atoms with Crippen molar-refractivity contribution in [3.63, 3.8) is 0 Å². The highest BCUT2D eigenvalue weighted by molar-refractivity contribution is 4.74. The van der Waals surface area contributed by atoms with E-state index >= 15 is 0 Å². The number of rotatable bonds is 4. The fourth-order valence-corrected chi connectivity index (χ4v) is 3.22. The minimum atomic E-state index is 0.830. The lowest BCUT2D eigenvalue weighted by Gasteiger charge is -2.31. The third kappa shape index (κ3) is 4.06. The van der Waals surface area contributed by atoms with Gasteiger partial charge in [0.15, 0.2) is 0 Å². The van der Waals surface area contributed by atoms with Crippen molar-refractivity contribution in [2.24, 2.45) is 5.92 Å². The van der Waals surface area contributed by atoms with Crippen LogP contribution in [0.4, 0.5) is 0 Å². The standard InChI is InChI=1S/C14H28N2/c1-13-6-4-10-16(12-13)11-5-8-14-7-2-3-9-15-14/h13-15H,2-12H2,1H3. The zero-order valence-electron chi connectivity index (χ0n) is 10.9. The molecular formula is C14H28N2. The van der Waals surface area contributed by atoms with E-state index in [1.165, 1.54) is 71.1 Å². The van der Waals surface area contributed by atoms with Crippen molar-refractivity contribution in [1.82, 2.24) is 10.2 Å². The lowest BCUT2D eigenvalue weighted by molar-refractivity contribution is 0.178. The third-order valence-corrected chi connectivity index (χ3v) is 4.18. The van der Waals surface area contributed by atoms with Gasteiger partial charge in [0.2, 0.25) is 0 Å². The van der Waals surface area contributed by atoms with Gasteiger partial charge in [-0.1, -0.05) is 13.3 Å². The second-order valence-corrected chi connectivity index (χ2v) is 5.84. The molecule has 2 heterocycles. The van der Waals surface area contributed by atoms with Crippen molar-refractivity contribution >= 4 is 0 Å². The SMILES string of the molecule is CC1CCCN(CCCC2CCCCN2)C1. The van der Waals surface area contributed by atoms with Gasteiger partial charge >= 0.3 is 0 Å². The normalized spacial score (nSPS) is 32.8. The maximum absolute atomic E-state index is 3.65. The highest BCUT2D eigenvalue weighted by Gasteiger charge is 2.17. The molecule has 2 atom stereocenters. The molecule has 0 bridgehead atoms. The fourth-order valence-electron chi connectivity index (χ4n) is 3.22. The number of likely N-dealkylation sites (tertiary alicyclic amines) is 1. The number of nitrogens with zero attached hydrogens (tertiary/aromatic N) is 1. The lowest BCUT2D eigenvalue weighted by atomic mass is 9.98. The summed E-state index contributed by atoms with van der Waals surface area (Å²) in [4.78, 5) is 2.68. The molecule has 2 heteroatoms. The van der Waals surface area contributed by atoms with Crippen LogP contribution in [0.25, 0.3) is 0 Å². The average Bonchev–Trinajstić information content (AvgIpc) is 2.30. The van der Waals surface area contributed by atoms with Crippen LogP contribution in [-0.2, 0) is 0 Å². The Labute approximate surface area is 101 Å². The Kier molecular flexibility index (Phi) is 5.11. The molecule has 0 aromatic carbocycles. The topological polar surface area (TPSA) is 15.3 Å². The van der Waals surface area contributed by atoms with Crippen molar-refractivity contribution in [2.75, 3.05) is 26.2 Å².